The van der Waals surface area contributed by atoms with Gasteiger partial charge in [-0.1, -0.05) is 18.2 Å². The van der Waals surface area contributed by atoms with E-state index in [2.05, 4.69) is 43.1 Å². The minimum atomic E-state index is 0.501. The number of aryl methyl sites for hydroxylation is 2. The van der Waals surface area contributed by atoms with Crippen LogP contribution in [0, 0.1) is 13.8 Å². The average molecular weight is 310 g/mol. The number of nitrogens with one attached hydrogen (secondary N) is 1. The van der Waals surface area contributed by atoms with Crippen LogP contribution in [0.25, 0.3) is 0 Å². The van der Waals surface area contributed by atoms with Crippen LogP contribution >= 0.6 is 0 Å². The monoisotopic (exact) mass is 310 g/mol. The van der Waals surface area contributed by atoms with Crippen molar-refractivity contribution in [1.29, 1.82) is 0 Å². The molecule has 0 saturated heterocycles. The van der Waals surface area contributed by atoms with Gasteiger partial charge in [0.25, 0.3) is 0 Å². The van der Waals surface area contributed by atoms with Gasteiger partial charge in [-0.05, 0) is 62.6 Å². The largest absolute Gasteiger partial charge is 0.494 e. The Labute approximate surface area is 139 Å². The Morgan fingerprint density at radius 1 is 1.13 bits per heavy atom. The van der Waals surface area contributed by atoms with Crippen molar-refractivity contribution < 1.29 is 4.74 Å². The maximum atomic E-state index is 5.82. The second-order valence-electron chi connectivity index (χ2n) is 6.39. The molecule has 0 amide bonds. The van der Waals surface area contributed by atoms with Gasteiger partial charge in [-0.15, -0.1) is 0 Å². The minimum absolute atomic E-state index is 0.501. The van der Waals surface area contributed by atoms with Crippen LogP contribution in [0.3, 0.4) is 0 Å². The van der Waals surface area contributed by atoms with Crippen LogP contribution in [0.2, 0.25) is 0 Å². The van der Waals surface area contributed by atoms with E-state index in [1.165, 1.54) is 22.5 Å². The predicted molar refractivity (Wildman–Crippen MR) is 97.8 cm³/mol. The second kappa shape index (κ2) is 6.95. The van der Waals surface area contributed by atoms with Gasteiger partial charge in [0, 0.05) is 19.1 Å². The Bertz CT molecular complexity index is 654. The Hall–Kier alpha value is -2.16. The van der Waals surface area contributed by atoms with Crippen LogP contribution in [0.4, 0.5) is 11.4 Å². The van der Waals surface area contributed by atoms with Gasteiger partial charge >= 0.3 is 0 Å². The van der Waals surface area contributed by atoms with Crippen LogP contribution in [-0.4, -0.2) is 25.7 Å². The highest BCUT2D eigenvalue weighted by Crippen LogP contribution is 2.34. The molecule has 0 fully saturated rings. The Kier molecular flexibility index (Phi) is 4.75. The molecule has 3 nitrogen and oxygen atoms in total. The summed E-state index contributed by atoms with van der Waals surface area (Å²) >= 11 is 0. The molecule has 0 bridgehead atoms. The molecule has 122 valence electrons. The lowest BCUT2D eigenvalue weighted by Crippen LogP contribution is -2.43. The number of benzene rings is 2. The number of para-hydroxylation sites is 1. The van der Waals surface area contributed by atoms with Crippen LogP contribution in [-0.2, 0) is 0 Å². The number of hydrogen-bond acceptors (Lipinski definition) is 3. The second-order valence-corrected chi connectivity index (χ2v) is 6.39. The average Bonchev–Trinajstić information content (AvgIpc) is 2.56. The first-order valence-electron chi connectivity index (χ1n) is 8.45. The maximum absolute atomic E-state index is 5.82. The van der Waals surface area contributed by atoms with Crippen molar-refractivity contribution in [2.45, 2.75) is 33.2 Å². The fourth-order valence-electron chi connectivity index (χ4n) is 3.07. The van der Waals surface area contributed by atoms with Crippen LogP contribution in [0.5, 0.6) is 5.75 Å². The van der Waals surface area contributed by atoms with E-state index in [0.717, 1.165) is 31.9 Å². The molecular formula is C20H26N2O. The molecule has 1 atom stereocenters. The molecule has 0 spiro atoms. The van der Waals surface area contributed by atoms with E-state index in [1.54, 1.807) is 0 Å². The van der Waals surface area contributed by atoms with Crippen molar-refractivity contribution in [1.82, 2.24) is 0 Å². The third kappa shape index (κ3) is 3.61. The van der Waals surface area contributed by atoms with Gasteiger partial charge in [-0.3, -0.25) is 0 Å². The Morgan fingerprint density at radius 2 is 1.87 bits per heavy atom. The third-order valence-electron chi connectivity index (χ3n) is 4.60. The predicted octanol–water partition coefficient (Wildman–Crippen LogP) is 4.39. The molecule has 3 heteroatoms. The smallest absolute Gasteiger partial charge is 0.119 e. The molecule has 0 aliphatic carbocycles. The highest BCUT2D eigenvalue weighted by molar-refractivity contribution is 5.74. The first-order valence-corrected chi connectivity index (χ1v) is 8.45. The van der Waals surface area contributed by atoms with Crippen molar-refractivity contribution in [2.75, 3.05) is 29.9 Å². The quantitative estimate of drug-likeness (QED) is 0.829. The number of nitrogens with zero attached hydrogens (tertiary/aromatic N) is 1. The fraction of sp³-hybridized carbons (Fsp3) is 0.400. The zero-order chi connectivity index (χ0) is 16.2. The molecule has 0 saturated carbocycles. The molecular weight excluding hydrogens is 284 g/mol. The Balaban J connectivity index is 1.62. The van der Waals surface area contributed by atoms with Crippen molar-refractivity contribution in [2.24, 2.45) is 0 Å². The van der Waals surface area contributed by atoms with Crippen molar-refractivity contribution >= 4 is 11.4 Å². The summed E-state index contributed by atoms with van der Waals surface area (Å²) in [5.41, 5.74) is 5.28. The molecule has 1 unspecified atom stereocenters. The molecule has 2 aromatic rings. The van der Waals surface area contributed by atoms with E-state index >= 15 is 0 Å². The summed E-state index contributed by atoms with van der Waals surface area (Å²) in [7, 11) is 0. The molecule has 3 rings (SSSR count). The third-order valence-corrected chi connectivity index (χ3v) is 4.60. The van der Waals surface area contributed by atoms with E-state index in [4.69, 9.17) is 4.74 Å². The topological polar surface area (TPSA) is 24.5 Å². The summed E-state index contributed by atoms with van der Waals surface area (Å²) < 4.78 is 5.82. The van der Waals surface area contributed by atoms with E-state index in [9.17, 15) is 0 Å². The maximum Gasteiger partial charge on any atom is 0.119 e. The molecule has 2 aromatic carbocycles. The van der Waals surface area contributed by atoms with Gasteiger partial charge in [0.15, 0.2) is 0 Å². The standard InChI is InChI=1S/C20H26N2O/c1-15-12-19-20(13-16(15)2)22(17(3)14-21-19)10-7-11-23-18-8-5-4-6-9-18/h4-6,8-9,12-13,17,21H,7,10-11,14H2,1-3H3. The molecule has 1 heterocycles. The van der Waals surface area contributed by atoms with Gasteiger partial charge < -0.3 is 15.0 Å². The Morgan fingerprint density at radius 3 is 2.65 bits per heavy atom. The number of hydrogen-bond donors (Lipinski definition) is 1. The summed E-state index contributed by atoms with van der Waals surface area (Å²) in [6.07, 6.45) is 1.02. The molecule has 23 heavy (non-hydrogen) atoms. The number of ether oxygens (including phenoxy) is 1. The lowest BCUT2D eigenvalue weighted by Gasteiger charge is -2.38. The normalized spacial score (nSPS) is 16.7. The lowest BCUT2D eigenvalue weighted by molar-refractivity contribution is 0.310. The van der Waals surface area contributed by atoms with Gasteiger partial charge in [0.1, 0.15) is 5.75 Å². The highest BCUT2D eigenvalue weighted by Gasteiger charge is 2.22. The lowest BCUT2D eigenvalue weighted by atomic mass is 10.0. The number of rotatable bonds is 5. The van der Waals surface area contributed by atoms with Crippen molar-refractivity contribution in [3.8, 4) is 5.75 Å². The number of fused-ring (bicyclic) bond motifs is 1. The summed E-state index contributed by atoms with van der Waals surface area (Å²) in [4.78, 5) is 2.51. The summed E-state index contributed by atoms with van der Waals surface area (Å²) in [5.74, 6) is 0.952. The van der Waals surface area contributed by atoms with Crippen LogP contribution in [0.1, 0.15) is 24.5 Å². The molecule has 1 aliphatic heterocycles. The minimum Gasteiger partial charge on any atom is -0.494 e. The van der Waals surface area contributed by atoms with Crippen LogP contribution < -0.4 is 15.0 Å². The molecule has 1 N–H and O–H groups in total. The van der Waals surface area contributed by atoms with Gasteiger partial charge in [0.05, 0.1) is 18.0 Å². The first kappa shape index (κ1) is 15.7. The van der Waals surface area contributed by atoms with Gasteiger partial charge in [-0.2, -0.15) is 0 Å². The first-order chi connectivity index (χ1) is 11.1. The van der Waals surface area contributed by atoms with Crippen LogP contribution in [0.15, 0.2) is 42.5 Å². The fourth-order valence-corrected chi connectivity index (χ4v) is 3.07. The molecule has 0 radical (unpaired) electrons. The van der Waals surface area contributed by atoms with Gasteiger partial charge in [0.2, 0.25) is 0 Å². The zero-order valence-corrected chi connectivity index (χ0v) is 14.3. The SMILES string of the molecule is Cc1cc2c(cc1C)N(CCCOc1ccccc1)C(C)CN2. The summed E-state index contributed by atoms with van der Waals surface area (Å²) in [6.45, 7) is 9.41. The molecule has 0 aromatic heterocycles. The number of anilines is 2. The zero-order valence-electron chi connectivity index (χ0n) is 14.3. The molecule has 1 aliphatic rings. The van der Waals surface area contributed by atoms with E-state index in [0.29, 0.717) is 6.04 Å². The highest BCUT2D eigenvalue weighted by atomic mass is 16.5. The van der Waals surface area contributed by atoms with Crippen molar-refractivity contribution in [3.05, 3.63) is 53.6 Å². The summed E-state index contributed by atoms with van der Waals surface area (Å²) in [6, 6.07) is 15.1. The summed E-state index contributed by atoms with van der Waals surface area (Å²) in [5, 5.41) is 3.55. The van der Waals surface area contributed by atoms with E-state index in [1.807, 2.05) is 30.3 Å². The van der Waals surface area contributed by atoms with Gasteiger partial charge in [-0.25, -0.2) is 0 Å². The van der Waals surface area contributed by atoms with E-state index < -0.39 is 0 Å². The van der Waals surface area contributed by atoms with E-state index in [-0.39, 0.29) is 0 Å². The van der Waals surface area contributed by atoms with Crippen molar-refractivity contribution in [3.63, 3.8) is 0 Å².